The summed E-state index contributed by atoms with van der Waals surface area (Å²) in [6, 6.07) is 0. The third-order valence-electron chi connectivity index (χ3n) is 1.37. The van der Waals surface area contributed by atoms with Gasteiger partial charge in [-0.05, 0) is 13.8 Å². The Labute approximate surface area is 78.4 Å². The van der Waals surface area contributed by atoms with Gasteiger partial charge in [0.15, 0.2) is 0 Å². The first-order valence-corrected chi connectivity index (χ1v) is 4.22. The van der Waals surface area contributed by atoms with Gasteiger partial charge in [-0.2, -0.15) is 0 Å². The van der Waals surface area contributed by atoms with Crippen LogP contribution in [0.5, 0.6) is 0 Å². The molecule has 7 heteroatoms. The normalized spacial score (nSPS) is 13.4. The molecule has 0 heterocycles. The molecular formula is C6H17BN2O4. The van der Waals surface area contributed by atoms with E-state index >= 15 is 0 Å². The van der Waals surface area contributed by atoms with Crippen LogP contribution in [0.3, 0.4) is 0 Å². The predicted molar refractivity (Wildman–Crippen MR) is 48.1 cm³/mol. The highest BCUT2D eigenvalue weighted by molar-refractivity contribution is 6.40. The van der Waals surface area contributed by atoms with E-state index in [2.05, 4.69) is 0 Å². The molecule has 0 aromatic rings. The molecule has 0 spiro atoms. The Morgan fingerprint density at radius 3 is 2.15 bits per heavy atom. The quantitative estimate of drug-likeness (QED) is 0.197. The number of aliphatic hydroxyl groups excluding tert-OH is 2. The molecule has 0 aliphatic heterocycles. The van der Waals surface area contributed by atoms with Crippen molar-refractivity contribution in [3.63, 3.8) is 0 Å². The number of aliphatic hydroxyl groups is 2. The van der Waals surface area contributed by atoms with Crippen molar-refractivity contribution in [1.82, 2.24) is 4.92 Å². The van der Waals surface area contributed by atoms with Crippen LogP contribution in [0.1, 0.15) is 13.8 Å². The van der Waals surface area contributed by atoms with Crippen LogP contribution in [0.15, 0.2) is 0 Å². The molecule has 0 amide bonds. The van der Waals surface area contributed by atoms with E-state index in [-0.39, 0.29) is 0 Å². The molecule has 0 aromatic carbocycles. The molecule has 78 valence electrons. The van der Waals surface area contributed by atoms with E-state index in [9.17, 15) is 0 Å². The Balaban J connectivity index is 4.00. The molecule has 6 nitrogen and oxygen atoms in total. The first-order chi connectivity index (χ1) is 6.17. The van der Waals surface area contributed by atoms with E-state index in [1.165, 1.54) is 0 Å². The fraction of sp³-hybridized carbons (Fsp3) is 1.00. The van der Waals surface area contributed by atoms with Gasteiger partial charge in [0.2, 0.25) is 0 Å². The average Bonchev–Trinajstić information content (AvgIpc) is 2.15. The van der Waals surface area contributed by atoms with Crippen LogP contribution < -0.4 is 5.84 Å². The Morgan fingerprint density at radius 2 is 1.85 bits per heavy atom. The highest BCUT2D eigenvalue weighted by Gasteiger charge is 2.29. The standard InChI is InChI=1S/C6H17BN2O4/c1-3-12-7(13-4-2)9(8)6(11)5-10/h6,10-11H,3-5,8H2,1-2H3. The molecule has 0 aliphatic carbocycles. The zero-order valence-electron chi connectivity index (χ0n) is 8.01. The number of nitrogens with two attached hydrogens (primary N) is 1. The summed E-state index contributed by atoms with van der Waals surface area (Å²) in [4.78, 5) is 0.924. The average molecular weight is 192 g/mol. The Morgan fingerprint density at radius 1 is 1.38 bits per heavy atom. The fourth-order valence-corrected chi connectivity index (χ4v) is 0.740. The molecule has 4 N–H and O–H groups in total. The van der Waals surface area contributed by atoms with Crippen molar-refractivity contribution < 1.29 is 19.5 Å². The Bertz CT molecular complexity index is 123. The van der Waals surface area contributed by atoms with Crippen LogP contribution in [0.4, 0.5) is 0 Å². The van der Waals surface area contributed by atoms with Crippen LogP contribution in [-0.2, 0) is 9.31 Å². The lowest BCUT2D eigenvalue weighted by molar-refractivity contribution is -0.0187. The first kappa shape index (κ1) is 12.8. The Hall–Kier alpha value is -0.175. The van der Waals surface area contributed by atoms with Crippen molar-refractivity contribution >= 4 is 7.25 Å². The second kappa shape index (κ2) is 7.25. The Kier molecular flexibility index (Phi) is 7.15. The van der Waals surface area contributed by atoms with Crippen molar-refractivity contribution in [3.05, 3.63) is 0 Å². The molecule has 0 aliphatic rings. The van der Waals surface area contributed by atoms with E-state index in [1.807, 2.05) is 0 Å². The summed E-state index contributed by atoms with van der Waals surface area (Å²) in [5, 5.41) is 17.7. The third-order valence-corrected chi connectivity index (χ3v) is 1.37. The number of hydrazine groups is 1. The smallest absolute Gasteiger partial charge is 0.397 e. The number of hydrogen-bond acceptors (Lipinski definition) is 6. The maximum atomic E-state index is 9.14. The molecule has 13 heavy (non-hydrogen) atoms. The van der Waals surface area contributed by atoms with Gasteiger partial charge in [-0.1, -0.05) is 0 Å². The molecule has 0 radical (unpaired) electrons. The maximum Gasteiger partial charge on any atom is 0.574 e. The van der Waals surface area contributed by atoms with E-state index in [0.717, 1.165) is 4.92 Å². The van der Waals surface area contributed by atoms with Crippen molar-refractivity contribution in [3.8, 4) is 0 Å². The van der Waals surface area contributed by atoms with Gasteiger partial charge in [-0.3, -0.25) is 5.84 Å². The van der Waals surface area contributed by atoms with E-state index in [0.29, 0.717) is 13.2 Å². The minimum Gasteiger partial charge on any atom is -0.397 e. The van der Waals surface area contributed by atoms with Crippen LogP contribution in [0.2, 0.25) is 0 Å². The zero-order chi connectivity index (χ0) is 10.3. The molecule has 0 bridgehead atoms. The molecule has 1 unspecified atom stereocenters. The van der Waals surface area contributed by atoms with Crippen molar-refractivity contribution in [1.29, 1.82) is 0 Å². The minimum absolute atomic E-state index is 0.413. The largest absolute Gasteiger partial charge is 0.574 e. The molecule has 0 saturated carbocycles. The van der Waals surface area contributed by atoms with E-state index in [1.54, 1.807) is 13.8 Å². The number of nitrogens with zero attached hydrogens (tertiary/aromatic N) is 1. The summed E-state index contributed by atoms with van der Waals surface area (Å²) in [7, 11) is -0.822. The van der Waals surface area contributed by atoms with Crippen LogP contribution >= 0.6 is 0 Å². The van der Waals surface area contributed by atoms with Gasteiger partial charge in [0, 0.05) is 13.2 Å². The summed E-state index contributed by atoms with van der Waals surface area (Å²) in [5.41, 5.74) is 0. The highest BCUT2D eigenvalue weighted by atomic mass is 16.6. The van der Waals surface area contributed by atoms with Crippen molar-refractivity contribution in [2.45, 2.75) is 20.1 Å². The summed E-state index contributed by atoms with van der Waals surface area (Å²) in [6.07, 6.45) is -1.18. The van der Waals surface area contributed by atoms with E-state index < -0.39 is 20.1 Å². The van der Waals surface area contributed by atoms with E-state index in [4.69, 9.17) is 25.4 Å². The molecular weight excluding hydrogens is 175 g/mol. The van der Waals surface area contributed by atoms with Crippen molar-refractivity contribution in [2.24, 2.45) is 5.84 Å². The maximum absolute atomic E-state index is 9.14. The lowest BCUT2D eigenvalue weighted by Gasteiger charge is -2.25. The summed E-state index contributed by atoms with van der Waals surface area (Å²) >= 11 is 0. The summed E-state index contributed by atoms with van der Waals surface area (Å²) in [5.74, 6) is 5.42. The highest BCUT2D eigenvalue weighted by Crippen LogP contribution is 1.97. The second-order valence-corrected chi connectivity index (χ2v) is 2.33. The third kappa shape index (κ3) is 4.56. The monoisotopic (exact) mass is 192 g/mol. The number of hydrogen-bond donors (Lipinski definition) is 3. The summed E-state index contributed by atoms with van der Waals surface area (Å²) < 4.78 is 10.1. The van der Waals surface area contributed by atoms with Crippen molar-refractivity contribution in [2.75, 3.05) is 19.8 Å². The van der Waals surface area contributed by atoms with Crippen LogP contribution in [-0.4, -0.2) is 48.4 Å². The molecule has 1 atom stereocenters. The lowest BCUT2D eigenvalue weighted by Crippen LogP contribution is -2.55. The molecule has 0 rings (SSSR count). The zero-order valence-corrected chi connectivity index (χ0v) is 8.01. The van der Waals surface area contributed by atoms with Gasteiger partial charge < -0.3 is 19.5 Å². The molecule has 0 saturated heterocycles. The minimum atomic E-state index is -1.18. The van der Waals surface area contributed by atoms with Gasteiger partial charge in [0.1, 0.15) is 6.23 Å². The molecule has 0 aromatic heterocycles. The van der Waals surface area contributed by atoms with Crippen LogP contribution in [0.25, 0.3) is 0 Å². The fourth-order valence-electron chi connectivity index (χ4n) is 0.740. The predicted octanol–water partition coefficient (Wildman–Crippen LogP) is -1.47. The topological polar surface area (TPSA) is 88.2 Å². The SMILES string of the molecule is CCOB(OCC)N(N)C(O)CO. The van der Waals surface area contributed by atoms with Gasteiger partial charge >= 0.3 is 7.25 Å². The van der Waals surface area contributed by atoms with Gasteiger partial charge in [0.25, 0.3) is 0 Å². The number of rotatable bonds is 7. The summed E-state index contributed by atoms with van der Waals surface area (Å²) in [6.45, 7) is 3.93. The van der Waals surface area contributed by atoms with Gasteiger partial charge in [-0.25, -0.2) is 4.92 Å². The lowest BCUT2D eigenvalue weighted by atomic mass is 10.1. The molecule has 0 fully saturated rings. The van der Waals surface area contributed by atoms with Gasteiger partial charge in [0.05, 0.1) is 6.61 Å². The van der Waals surface area contributed by atoms with Gasteiger partial charge in [-0.15, -0.1) is 0 Å². The first-order valence-electron chi connectivity index (χ1n) is 4.22. The second-order valence-electron chi connectivity index (χ2n) is 2.33. The van der Waals surface area contributed by atoms with Crippen LogP contribution in [0, 0.1) is 0 Å².